The molecule has 0 N–H and O–H groups in total. The van der Waals surface area contributed by atoms with Gasteiger partial charge in [-0.15, -0.1) is 11.8 Å². The summed E-state index contributed by atoms with van der Waals surface area (Å²) < 4.78 is 2.00. The first-order valence-electron chi connectivity index (χ1n) is 8.16. The second kappa shape index (κ2) is 8.33. The average Bonchev–Trinajstić information content (AvgIpc) is 2.79. The van der Waals surface area contributed by atoms with Crippen LogP contribution in [-0.2, 0) is 13.0 Å². The summed E-state index contributed by atoms with van der Waals surface area (Å²) in [4.78, 5) is 7.47. The molecule has 0 saturated carbocycles. The van der Waals surface area contributed by atoms with E-state index in [1.807, 2.05) is 22.6 Å². The van der Waals surface area contributed by atoms with Gasteiger partial charge in [0.25, 0.3) is 0 Å². The lowest BCUT2D eigenvalue weighted by Crippen LogP contribution is -2.13. The van der Waals surface area contributed by atoms with Crippen LogP contribution in [0.25, 0.3) is 0 Å². The molecule has 0 bridgehead atoms. The fraction of sp³-hybridized carbons (Fsp3) is 0.474. The van der Waals surface area contributed by atoms with Gasteiger partial charge in [-0.1, -0.05) is 57.5 Å². The van der Waals surface area contributed by atoms with Gasteiger partial charge in [0, 0.05) is 16.3 Å². The van der Waals surface area contributed by atoms with Gasteiger partial charge in [0.2, 0.25) is 0 Å². The zero-order valence-electron chi connectivity index (χ0n) is 14.1. The maximum absolute atomic E-state index is 6.07. The number of nitrogens with zero attached hydrogens (tertiary/aromatic N) is 1. The van der Waals surface area contributed by atoms with E-state index < -0.39 is 0 Å². The number of unbranched alkanes of at least 4 members (excludes halogenated alkanes) is 1. The third-order valence-corrected chi connectivity index (χ3v) is 4.80. The summed E-state index contributed by atoms with van der Waals surface area (Å²) >= 11 is 1.94. The smallest absolute Gasteiger partial charge is 0.140 e. The summed E-state index contributed by atoms with van der Waals surface area (Å²) in [5.41, 5.74) is 3.85. The van der Waals surface area contributed by atoms with Crippen LogP contribution in [0.3, 0.4) is 0 Å². The summed E-state index contributed by atoms with van der Waals surface area (Å²) in [6, 6.07) is 10.3. The predicted octanol–water partition coefficient (Wildman–Crippen LogP) is 5.27. The van der Waals surface area contributed by atoms with E-state index in [1.54, 1.807) is 0 Å². The minimum Gasteiger partial charge on any atom is -0.409 e. The van der Waals surface area contributed by atoms with Crippen LogP contribution in [0.15, 0.2) is 41.4 Å². The van der Waals surface area contributed by atoms with E-state index >= 15 is 0 Å². The summed E-state index contributed by atoms with van der Waals surface area (Å²) in [6.07, 6.45) is 5.62. The molecule has 0 aliphatic carbocycles. The minimum atomic E-state index is 0.587. The highest BCUT2D eigenvalue weighted by molar-refractivity contribution is 8.00. The predicted molar refractivity (Wildman–Crippen MR) is 95.5 cm³/mol. The number of thioether (sulfide) groups is 1. The first-order chi connectivity index (χ1) is 10.6. The Balaban J connectivity index is 2.17. The van der Waals surface area contributed by atoms with Crippen molar-refractivity contribution in [1.29, 1.82) is 0 Å². The minimum absolute atomic E-state index is 0.587. The fourth-order valence-corrected chi connectivity index (χ4v) is 3.48. The number of aromatic nitrogens is 1. The Morgan fingerprint density at radius 3 is 2.55 bits per heavy atom. The van der Waals surface area contributed by atoms with Crippen molar-refractivity contribution in [3.05, 3.63) is 53.3 Å². The fourth-order valence-electron chi connectivity index (χ4n) is 2.44. The maximum atomic E-state index is 6.07. The quantitative estimate of drug-likeness (QED) is 0.616. The molecule has 22 heavy (non-hydrogen) atoms. The van der Waals surface area contributed by atoms with Gasteiger partial charge in [-0.25, -0.2) is 0 Å². The second-order valence-corrected chi connectivity index (χ2v) is 7.53. The van der Waals surface area contributed by atoms with Gasteiger partial charge in [-0.2, -0.15) is 4.73 Å². The first-order valence-corrected chi connectivity index (χ1v) is 9.04. The number of aryl methyl sites for hydroxylation is 1. The highest BCUT2D eigenvalue weighted by Crippen LogP contribution is 2.32. The zero-order chi connectivity index (χ0) is 15.9. The molecule has 3 heteroatoms. The Morgan fingerprint density at radius 2 is 1.91 bits per heavy atom. The Bertz CT molecular complexity index is 575. The van der Waals surface area contributed by atoms with E-state index in [9.17, 15) is 0 Å². The molecule has 0 radical (unpaired) electrons. The lowest BCUT2D eigenvalue weighted by Gasteiger charge is -2.13. The van der Waals surface area contributed by atoms with Crippen molar-refractivity contribution in [1.82, 2.24) is 4.73 Å². The molecule has 0 unspecified atom stereocenters. The van der Waals surface area contributed by atoms with Crippen LogP contribution in [0.1, 0.15) is 50.4 Å². The topological polar surface area (TPSA) is 14.2 Å². The molecule has 1 heterocycles. The van der Waals surface area contributed by atoms with Crippen molar-refractivity contribution in [3.63, 3.8) is 0 Å². The molecule has 2 rings (SSSR count). The summed E-state index contributed by atoms with van der Waals surface area (Å²) in [5.74, 6) is 0. The SMILES string of the molecule is CCCCc1c(SC(C)C)c(C)cn1OCc1ccccc1. The van der Waals surface area contributed by atoms with Gasteiger partial charge in [0.1, 0.15) is 6.61 Å². The molecule has 2 nitrogen and oxygen atoms in total. The molecule has 0 fully saturated rings. The van der Waals surface area contributed by atoms with Gasteiger partial charge >= 0.3 is 0 Å². The van der Waals surface area contributed by atoms with Crippen LogP contribution in [0.2, 0.25) is 0 Å². The molecule has 0 atom stereocenters. The molecular formula is C19H27NOS. The van der Waals surface area contributed by atoms with E-state index in [1.165, 1.54) is 34.6 Å². The van der Waals surface area contributed by atoms with Crippen LogP contribution in [0, 0.1) is 6.92 Å². The van der Waals surface area contributed by atoms with Crippen LogP contribution in [-0.4, -0.2) is 9.98 Å². The van der Waals surface area contributed by atoms with Crippen molar-refractivity contribution >= 4 is 11.8 Å². The monoisotopic (exact) mass is 317 g/mol. The van der Waals surface area contributed by atoms with Crippen molar-refractivity contribution < 1.29 is 4.84 Å². The Morgan fingerprint density at radius 1 is 1.18 bits per heavy atom. The number of hydrogen-bond donors (Lipinski definition) is 0. The van der Waals surface area contributed by atoms with Gasteiger partial charge in [0.15, 0.2) is 0 Å². The van der Waals surface area contributed by atoms with E-state index in [-0.39, 0.29) is 0 Å². The first kappa shape index (κ1) is 17.0. The molecule has 120 valence electrons. The standard InChI is InChI=1S/C19H27NOS/c1-5-6-12-18-19(22-15(2)3)16(4)13-20(18)21-14-17-10-8-7-9-11-17/h7-11,13,15H,5-6,12,14H2,1-4H3. The van der Waals surface area contributed by atoms with E-state index in [0.717, 1.165) is 6.42 Å². The highest BCUT2D eigenvalue weighted by atomic mass is 32.2. The molecule has 0 saturated heterocycles. The molecule has 1 aromatic heterocycles. The average molecular weight is 317 g/mol. The van der Waals surface area contributed by atoms with Gasteiger partial charge in [-0.05, 0) is 30.9 Å². The summed E-state index contributed by atoms with van der Waals surface area (Å²) in [5, 5.41) is 0.587. The Labute approximate surface area is 138 Å². The highest BCUT2D eigenvalue weighted by Gasteiger charge is 2.16. The van der Waals surface area contributed by atoms with Gasteiger partial charge in [0.05, 0.1) is 5.69 Å². The lowest BCUT2D eigenvalue weighted by molar-refractivity contribution is 0.0906. The van der Waals surface area contributed by atoms with Crippen molar-refractivity contribution in [2.24, 2.45) is 0 Å². The van der Waals surface area contributed by atoms with Gasteiger partial charge < -0.3 is 4.84 Å². The van der Waals surface area contributed by atoms with Crippen LogP contribution in [0.5, 0.6) is 0 Å². The lowest BCUT2D eigenvalue weighted by atomic mass is 10.2. The molecular weight excluding hydrogens is 290 g/mol. The van der Waals surface area contributed by atoms with Gasteiger partial charge in [-0.3, -0.25) is 0 Å². The Kier molecular flexibility index (Phi) is 6.44. The van der Waals surface area contributed by atoms with Crippen molar-refractivity contribution in [2.45, 2.75) is 63.7 Å². The van der Waals surface area contributed by atoms with E-state index in [2.05, 4.69) is 58.2 Å². The largest absolute Gasteiger partial charge is 0.409 e. The third-order valence-electron chi connectivity index (χ3n) is 3.53. The molecule has 0 spiro atoms. The summed E-state index contributed by atoms with van der Waals surface area (Å²) in [7, 11) is 0. The van der Waals surface area contributed by atoms with Crippen LogP contribution >= 0.6 is 11.8 Å². The zero-order valence-corrected chi connectivity index (χ0v) is 15.0. The van der Waals surface area contributed by atoms with Crippen LogP contribution in [0.4, 0.5) is 0 Å². The number of hydrogen-bond acceptors (Lipinski definition) is 2. The van der Waals surface area contributed by atoms with E-state index in [4.69, 9.17) is 4.84 Å². The summed E-state index contributed by atoms with van der Waals surface area (Å²) in [6.45, 7) is 9.52. The van der Waals surface area contributed by atoms with Crippen molar-refractivity contribution in [3.8, 4) is 0 Å². The Hall–Kier alpha value is -1.35. The molecule has 0 amide bonds. The normalized spacial score (nSPS) is 11.1. The number of benzene rings is 1. The van der Waals surface area contributed by atoms with Crippen molar-refractivity contribution in [2.75, 3.05) is 0 Å². The van der Waals surface area contributed by atoms with Crippen LogP contribution < -0.4 is 4.84 Å². The molecule has 1 aromatic carbocycles. The molecule has 0 aliphatic heterocycles. The third kappa shape index (κ3) is 4.57. The number of rotatable bonds is 8. The maximum Gasteiger partial charge on any atom is 0.140 e. The van der Waals surface area contributed by atoms with E-state index in [0.29, 0.717) is 11.9 Å². The second-order valence-electron chi connectivity index (χ2n) is 5.94. The molecule has 2 aromatic rings. The molecule has 0 aliphatic rings.